The second-order valence-corrected chi connectivity index (χ2v) is 8.85. The lowest BCUT2D eigenvalue weighted by molar-refractivity contribution is -0.124. The van der Waals surface area contributed by atoms with E-state index in [1.54, 1.807) is 0 Å². The van der Waals surface area contributed by atoms with Gasteiger partial charge in [-0.2, -0.15) is 5.10 Å². The van der Waals surface area contributed by atoms with Crippen LogP contribution in [0.3, 0.4) is 0 Å². The van der Waals surface area contributed by atoms with Crippen LogP contribution in [0.25, 0.3) is 22.2 Å². The number of halogens is 1. The molecule has 7 heteroatoms. The smallest absolute Gasteiger partial charge is 0.244 e. The predicted octanol–water partition coefficient (Wildman–Crippen LogP) is 4.06. The van der Waals surface area contributed by atoms with Gasteiger partial charge in [-0.25, -0.2) is 0 Å². The molecule has 1 aliphatic rings. The number of amides is 1. The zero-order valence-electron chi connectivity index (χ0n) is 18.9. The number of carbonyl (C=O) groups excluding carboxylic acids is 1. The SMILES string of the molecule is CCN1CCN(CCCNC(=O)[C@H](C)n2nc(-c3ccccc3)c3cc(Cl)ccc32)CC1. The molecule has 4 rings (SSSR count). The maximum Gasteiger partial charge on any atom is 0.244 e. The van der Waals surface area contributed by atoms with E-state index in [2.05, 4.69) is 22.0 Å². The average molecular weight is 454 g/mol. The third-order valence-corrected chi connectivity index (χ3v) is 6.56. The van der Waals surface area contributed by atoms with Gasteiger partial charge in [0.25, 0.3) is 0 Å². The van der Waals surface area contributed by atoms with Crippen molar-refractivity contribution in [3.8, 4) is 11.3 Å². The Morgan fingerprint density at radius 3 is 2.53 bits per heavy atom. The van der Waals surface area contributed by atoms with Crippen molar-refractivity contribution in [1.29, 1.82) is 0 Å². The summed E-state index contributed by atoms with van der Waals surface area (Å²) in [6.07, 6.45) is 0.954. The van der Waals surface area contributed by atoms with Gasteiger partial charge in [0.05, 0.1) is 5.52 Å². The lowest BCUT2D eigenvalue weighted by Gasteiger charge is -2.34. The Morgan fingerprint density at radius 1 is 1.09 bits per heavy atom. The van der Waals surface area contributed by atoms with E-state index in [-0.39, 0.29) is 5.91 Å². The van der Waals surface area contributed by atoms with E-state index >= 15 is 0 Å². The van der Waals surface area contributed by atoms with E-state index in [0.717, 1.165) is 67.8 Å². The summed E-state index contributed by atoms with van der Waals surface area (Å²) in [6, 6.07) is 15.3. The molecule has 170 valence electrons. The molecule has 1 saturated heterocycles. The number of nitrogens with one attached hydrogen (secondary N) is 1. The highest BCUT2D eigenvalue weighted by Crippen LogP contribution is 2.31. The fourth-order valence-corrected chi connectivity index (χ4v) is 4.49. The van der Waals surface area contributed by atoms with E-state index in [1.165, 1.54) is 0 Å². The molecule has 0 saturated carbocycles. The Balaban J connectivity index is 1.40. The zero-order chi connectivity index (χ0) is 22.5. The van der Waals surface area contributed by atoms with Crippen molar-refractivity contribution in [3.63, 3.8) is 0 Å². The van der Waals surface area contributed by atoms with Gasteiger partial charge in [0.15, 0.2) is 0 Å². The van der Waals surface area contributed by atoms with Gasteiger partial charge in [-0.3, -0.25) is 9.48 Å². The van der Waals surface area contributed by atoms with Crippen molar-refractivity contribution in [3.05, 3.63) is 53.6 Å². The lowest BCUT2D eigenvalue weighted by atomic mass is 10.1. The number of carbonyl (C=O) groups is 1. The highest BCUT2D eigenvalue weighted by atomic mass is 35.5. The molecule has 1 amide bonds. The minimum absolute atomic E-state index is 0.0141. The van der Waals surface area contributed by atoms with Crippen LogP contribution in [0, 0.1) is 0 Å². The summed E-state index contributed by atoms with van der Waals surface area (Å²) >= 11 is 6.27. The fourth-order valence-electron chi connectivity index (χ4n) is 4.32. The number of hydrogen-bond acceptors (Lipinski definition) is 4. The van der Waals surface area contributed by atoms with Gasteiger partial charge < -0.3 is 15.1 Å². The summed E-state index contributed by atoms with van der Waals surface area (Å²) in [4.78, 5) is 17.9. The first-order chi connectivity index (χ1) is 15.6. The number of aromatic nitrogens is 2. The summed E-state index contributed by atoms with van der Waals surface area (Å²) in [7, 11) is 0. The van der Waals surface area contributed by atoms with E-state index in [1.807, 2.05) is 60.1 Å². The van der Waals surface area contributed by atoms with Crippen molar-refractivity contribution >= 4 is 28.4 Å². The third kappa shape index (κ3) is 5.14. The number of nitrogens with zero attached hydrogens (tertiary/aromatic N) is 4. The van der Waals surface area contributed by atoms with Gasteiger partial charge in [0.2, 0.25) is 5.91 Å². The summed E-state index contributed by atoms with van der Waals surface area (Å²) in [5, 5.41) is 9.54. The van der Waals surface area contributed by atoms with Crippen LogP contribution in [0.2, 0.25) is 5.02 Å². The number of hydrogen-bond donors (Lipinski definition) is 1. The maximum absolute atomic E-state index is 12.9. The van der Waals surface area contributed by atoms with Gasteiger partial charge in [-0.1, -0.05) is 48.9 Å². The molecule has 32 heavy (non-hydrogen) atoms. The first kappa shape index (κ1) is 22.8. The van der Waals surface area contributed by atoms with Crippen molar-refractivity contribution in [2.24, 2.45) is 0 Å². The lowest BCUT2D eigenvalue weighted by Crippen LogP contribution is -2.46. The predicted molar refractivity (Wildman–Crippen MR) is 131 cm³/mol. The first-order valence-electron chi connectivity index (χ1n) is 11.5. The maximum atomic E-state index is 12.9. The van der Waals surface area contributed by atoms with Crippen LogP contribution in [0.15, 0.2) is 48.5 Å². The largest absolute Gasteiger partial charge is 0.354 e. The van der Waals surface area contributed by atoms with Crippen molar-refractivity contribution in [2.45, 2.75) is 26.3 Å². The minimum Gasteiger partial charge on any atom is -0.354 e. The fraction of sp³-hybridized carbons (Fsp3) is 0.440. The molecule has 3 aromatic rings. The first-order valence-corrected chi connectivity index (χ1v) is 11.9. The average Bonchev–Trinajstić information content (AvgIpc) is 3.20. The van der Waals surface area contributed by atoms with Crippen molar-refractivity contribution < 1.29 is 4.79 Å². The molecule has 1 fully saturated rings. The Labute approximate surface area is 195 Å². The van der Waals surface area contributed by atoms with Crippen LogP contribution in [-0.2, 0) is 4.79 Å². The van der Waals surface area contributed by atoms with Crippen molar-refractivity contribution in [1.82, 2.24) is 24.9 Å². The van der Waals surface area contributed by atoms with E-state index in [0.29, 0.717) is 11.6 Å². The van der Waals surface area contributed by atoms with E-state index < -0.39 is 6.04 Å². The second-order valence-electron chi connectivity index (χ2n) is 8.42. The molecule has 1 aromatic heterocycles. The van der Waals surface area contributed by atoms with Crippen LogP contribution in [0.1, 0.15) is 26.3 Å². The highest BCUT2D eigenvalue weighted by molar-refractivity contribution is 6.31. The second kappa shape index (κ2) is 10.5. The normalized spacial score (nSPS) is 16.3. The number of rotatable bonds is 8. The van der Waals surface area contributed by atoms with Gasteiger partial charge in [0.1, 0.15) is 11.7 Å². The third-order valence-electron chi connectivity index (χ3n) is 6.32. The highest BCUT2D eigenvalue weighted by Gasteiger charge is 2.21. The topological polar surface area (TPSA) is 53.4 Å². The number of piperazine rings is 1. The summed E-state index contributed by atoms with van der Waals surface area (Å²) in [5.74, 6) is -0.0141. The molecular weight excluding hydrogens is 422 g/mol. The molecule has 0 spiro atoms. The molecule has 2 heterocycles. The Hall–Kier alpha value is -2.41. The van der Waals surface area contributed by atoms with E-state index in [4.69, 9.17) is 16.7 Å². The summed E-state index contributed by atoms with van der Waals surface area (Å²) in [5.41, 5.74) is 2.76. The summed E-state index contributed by atoms with van der Waals surface area (Å²) in [6.45, 7) is 11.4. The summed E-state index contributed by atoms with van der Waals surface area (Å²) < 4.78 is 1.81. The van der Waals surface area contributed by atoms with Gasteiger partial charge in [0, 0.05) is 48.7 Å². The van der Waals surface area contributed by atoms with Crippen molar-refractivity contribution in [2.75, 3.05) is 45.8 Å². The van der Waals surface area contributed by atoms with Gasteiger partial charge in [-0.05, 0) is 44.6 Å². The Kier molecular flexibility index (Phi) is 7.45. The standard InChI is InChI=1S/C25H32ClN5O/c1-3-29-14-16-30(17-15-29)13-7-12-27-25(32)19(2)31-23-11-10-21(26)18-22(23)24(28-31)20-8-5-4-6-9-20/h4-6,8-11,18-19H,3,7,12-17H2,1-2H3,(H,27,32)/t19-/m0/s1. The molecule has 2 aromatic carbocycles. The molecule has 1 atom stereocenters. The van der Waals surface area contributed by atoms with Crippen LogP contribution in [0.5, 0.6) is 0 Å². The van der Waals surface area contributed by atoms with Crippen LogP contribution < -0.4 is 5.32 Å². The van der Waals surface area contributed by atoms with Crippen LogP contribution in [-0.4, -0.2) is 71.3 Å². The van der Waals surface area contributed by atoms with E-state index in [9.17, 15) is 4.79 Å². The van der Waals surface area contributed by atoms with Gasteiger partial charge in [-0.15, -0.1) is 0 Å². The number of fused-ring (bicyclic) bond motifs is 1. The monoisotopic (exact) mass is 453 g/mol. The van der Waals surface area contributed by atoms with Crippen LogP contribution in [0.4, 0.5) is 0 Å². The van der Waals surface area contributed by atoms with Gasteiger partial charge >= 0.3 is 0 Å². The number of likely N-dealkylation sites (N-methyl/N-ethyl adjacent to an activating group) is 1. The molecule has 0 bridgehead atoms. The molecule has 1 aliphatic heterocycles. The minimum atomic E-state index is -0.413. The Morgan fingerprint density at radius 2 is 1.81 bits per heavy atom. The molecule has 1 N–H and O–H groups in total. The molecule has 0 aliphatic carbocycles. The number of benzene rings is 2. The van der Waals surface area contributed by atoms with Crippen LogP contribution >= 0.6 is 11.6 Å². The molecule has 0 radical (unpaired) electrons. The molecule has 6 nitrogen and oxygen atoms in total. The molecular formula is C25H32ClN5O. The molecule has 0 unspecified atom stereocenters. The zero-order valence-corrected chi connectivity index (χ0v) is 19.7. The quantitative estimate of drug-likeness (QED) is 0.522. The Bertz CT molecular complexity index is 1040.